The number of halogens is 2. The number of aliphatic imine (C=N–C) groups is 1. The molecule has 2 N–H and O–H groups in total. The zero-order valence-corrected chi connectivity index (χ0v) is 16.6. The Balaban J connectivity index is 0.00000484. The van der Waals surface area contributed by atoms with Crippen LogP contribution in [-0.4, -0.2) is 58.3 Å². The second kappa shape index (κ2) is 12.5. The topological polar surface area (TPSA) is 48.9 Å². The van der Waals surface area contributed by atoms with E-state index in [4.69, 9.17) is 4.74 Å². The molecule has 1 unspecified atom stereocenters. The van der Waals surface area contributed by atoms with Crippen molar-refractivity contribution in [3.63, 3.8) is 0 Å². The number of hydrogen-bond donors (Lipinski definition) is 2. The van der Waals surface area contributed by atoms with Crippen LogP contribution < -0.4 is 10.6 Å². The van der Waals surface area contributed by atoms with Gasteiger partial charge in [-0.15, -0.1) is 24.0 Å². The van der Waals surface area contributed by atoms with Crippen LogP contribution in [0.4, 0.5) is 4.39 Å². The van der Waals surface area contributed by atoms with E-state index in [0.29, 0.717) is 32.3 Å². The van der Waals surface area contributed by atoms with Crippen molar-refractivity contribution in [1.29, 1.82) is 0 Å². The summed E-state index contributed by atoms with van der Waals surface area (Å²) in [7, 11) is 5.67. The second-order valence-electron chi connectivity index (χ2n) is 5.11. The van der Waals surface area contributed by atoms with Crippen LogP contribution >= 0.6 is 24.0 Å². The third-order valence-corrected chi connectivity index (χ3v) is 3.29. The normalized spacial score (nSPS) is 12.7. The number of nitrogens with zero attached hydrogens (tertiary/aromatic N) is 2. The average Bonchev–Trinajstić information content (AvgIpc) is 2.49. The lowest BCUT2D eigenvalue weighted by Gasteiger charge is -2.26. The Bertz CT molecular complexity index is 471. The van der Waals surface area contributed by atoms with Crippen LogP contribution in [0, 0.1) is 5.82 Å². The van der Waals surface area contributed by atoms with Gasteiger partial charge in [-0.2, -0.15) is 0 Å². The zero-order valence-electron chi connectivity index (χ0n) is 14.3. The first-order valence-electron chi connectivity index (χ1n) is 7.52. The van der Waals surface area contributed by atoms with Gasteiger partial charge < -0.3 is 20.3 Å². The maximum absolute atomic E-state index is 13.4. The summed E-state index contributed by atoms with van der Waals surface area (Å²) in [4.78, 5) is 6.23. The molecule has 132 valence electrons. The Morgan fingerprint density at radius 2 is 2.09 bits per heavy atom. The smallest absolute Gasteiger partial charge is 0.191 e. The molecule has 0 bridgehead atoms. The van der Waals surface area contributed by atoms with Gasteiger partial charge in [-0.1, -0.05) is 12.1 Å². The lowest BCUT2D eigenvalue weighted by molar-refractivity contribution is 0.152. The van der Waals surface area contributed by atoms with Crippen molar-refractivity contribution in [2.24, 2.45) is 4.99 Å². The van der Waals surface area contributed by atoms with E-state index in [1.54, 1.807) is 19.2 Å². The molecule has 0 saturated heterocycles. The minimum absolute atomic E-state index is 0. The summed E-state index contributed by atoms with van der Waals surface area (Å²) in [6.45, 7) is 4.63. The molecule has 0 radical (unpaired) electrons. The minimum Gasteiger partial charge on any atom is -0.380 e. The maximum atomic E-state index is 13.4. The predicted molar refractivity (Wildman–Crippen MR) is 104 cm³/mol. The number of likely N-dealkylation sites (N-methyl/N-ethyl adjacent to an activating group) is 1. The first kappa shape index (κ1) is 22.1. The lowest BCUT2D eigenvalue weighted by atomic mass is 10.1. The molecule has 0 heterocycles. The molecular weight excluding hydrogens is 410 g/mol. The Morgan fingerprint density at radius 3 is 2.65 bits per heavy atom. The van der Waals surface area contributed by atoms with E-state index in [2.05, 4.69) is 20.5 Å². The van der Waals surface area contributed by atoms with E-state index in [9.17, 15) is 4.39 Å². The van der Waals surface area contributed by atoms with Crippen molar-refractivity contribution >= 4 is 29.9 Å². The molecule has 0 amide bonds. The van der Waals surface area contributed by atoms with E-state index in [-0.39, 0.29) is 35.8 Å². The third kappa shape index (κ3) is 8.47. The summed E-state index contributed by atoms with van der Waals surface area (Å²) in [6.07, 6.45) is 0. The van der Waals surface area contributed by atoms with E-state index in [1.807, 2.05) is 27.1 Å². The molecule has 0 aliphatic carbocycles. The van der Waals surface area contributed by atoms with Crippen molar-refractivity contribution in [3.8, 4) is 0 Å². The Kier molecular flexibility index (Phi) is 12.0. The summed E-state index contributed by atoms with van der Waals surface area (Å²) in [5, 5.41) is 6.45. The fraction of sp³-hybridized carbons (Fsp3) is 0.562. The highest BCUT2D eigenvalue weighted by Gasteiger charge is 2.15. The molecule has 0 spiro atoms. The fourth-order valence-corrected chi connectivity index (χ4v) is 2.11. The van der Waals surface area contributed by atoms with Crippen molar-refractivity contribution in [1.82, 2.24) is 15.5 Å². The molecule has 0 aliphatic heterocycles. The molecule has 7 heteroatoms. The van der Waals surface area contributed by atoms with Gasteiger partial charge >= 0.3 is 0 Å². The van der Waals surface area contributed by atoms with Crippen LogP contribution in [0.1, 0.15) is 18.5 Å². The van der Waals surface area contributed by atoms with Crippen LogP contribution in [0.2, 0.25) is 0 Å². The quantitative estimate of drug-likeness (QED) is 0.283. The first-order valence-corrected chi connectivity index (χ1v) is 7.52. The molecule has 23 heavy (non-hydrogen) atoms. The first-order chi connectivity index (χ1) is 10.6. The van der Waals surface area contributed by atoms with Crippen LogP contribution in [0.5, 0.6) is 0 Å². The van der Waals surface area contributed by atoms with Gasteiger partial charge in [0.1, 0.15) is 5.82 Å². The van der Waals surface area contributed by atoms with Gasteiger partial charge in [-0.25, -0.2) is 4.39 Å². The monoisotopic (exact) mass is 438 g/mol. The van der Waals surface area contributed by atoms with Crippen LogP contribution in [0.3, 0.4) is 0 Å². The zero-order chi connectivity index (χ0) is 16.4. The molecule has 1 rings (SSSR count). The number of ether oxygens (including phenoxy) is 1. The van der Waals surface area contributed by atoms with E-state index in [1.165, 1.54) is 6.07 Å². The van der Waals surface area contributed by atoms with Crippen molar-refractivity contribution in [2.75, 3.05) is 47.4 Å². The number of benzene rings is 1. The standard InChI is InChI=1S/C16H27FN4O.HI/c1-5-22-10-9-19-16(18-2)20-12-15(21(3)4)13-7-6-8-14(17)11-13;/h6-8,11,15H,5,9-10,12H2,1-4H3,(H2,18,19,20);1H. The lowest BCUT2D eigenvalue weighted by Crippen LogP contribution is -2.42. The van der Waals surface area contributed by atoms with Crippen LogP contribution in [0.25, 0.3) is 0 Å². The summed E-state index contributed by atoms with van der Waals surface area (Å²) < 4.78 is 18.7. The van der Waals surface area contributed by atoms with Gasteiger partial charge in [0.15, 0.2) is 5.96 Å². The highest BCUT2D eigenvalue weighted by atomic mass is 127. The molecule has 1 aromatic rings. The van der Waals surface area contributed by atoms with Crippen molar-refractivity contribution < 1.29 is 9.13 Å². The number of hydrogen-bond acceptors (Lipinski definition) is 3. The van der Waals surface area contributed by atoms with Crippen molar-refractivity contribution in [2.45, 2.75) is 13.0 Å². The minimum atomic E-state index is -0.219. The van der Waals surface area contributed by atoms with E-state index in [0.717, 1.165) is 5.56 Å². The SMILES string of the molecule is CCOCCNC(=NC)NCC(c1cccc(F)c1)N(C)C.I. The predicted octanol–water partition coefficient (Wildman–Crippen LogP) is 2.25. The molecule has 5 nitrogen and oxygen atoms in total. The van der Waals surface area contributed by atoms with Gasteiger partial charge in [0, 0.05) is 26.7 Å². The largest absolute Gasteiger partial charge is 0.380 e. The Morgan fingerprint density at radius 1 is 1.35 bits per heavy atom. The molecule has 0 aliphatic rings. The molecule has 0 fully saturated rings. The second-order valence-corrected chi connectivity index (χ2v) is 5.11. The summed E-state index contributed by atoms with van der Waals surface area (Å²) in [6, 6.07) is 6.74. The van der Waals surface area contributed by atoms with Crippen molar-refractivity contribution in [3.05, 3.63) is 35.6 Å². The summed E-state index contributed by atoms with van der Waals surface area (Å²) >= 11 is 0. The summed E-state index contributed by atoms with van der Waals surface area (Å²) in [5.74, 6) is 0.492. The Labute approximate surface area is 155 Å². The molecule has 1 atom stereocenters. The van der Waals surface area contributed by atoms with Gasteiger partial charge in [0.2, 0.25) is 0 Å². The van der Waals surface area contributed by atoms with Gasteiger partial charge in [0.25, 0.3) is 0 Å². The Hall–Kier alpha value is -0.930. The van der Waals surface area contributed by atoms with E-state index < -0.39 is 0 Å². The highest BCUT2D eigenvalue weighted by Crippen LogP contribution is 2.18. The molecular formula is C16H28FIN4O. The van der Waals surface area contributed by atoms with Crippen LogP contribution in [0.15, 0.2) is 29.3 Å². The molecule has 0 aromatic heterocycles. The number of guanidine groups is 1. The third-order valence-electron chi connectivity index (χ3n) is 3.29. The fourth-order valence-electron chi connectivity index (χ4n) is 2.11. The van der Waals surface area contributed by atoms with Gasteiger partial charge in [0.05, 0.1) is 12.6 Å². The number of nitrogens with one attached hydrogen (secondary N) is 2. The van der Waals surface area contributed by atoms with E-state index >= 15 is 0 Å². The molecule has 0 saturated carbocycles. The van der Waals surface area contributed by atoms with Crippen LogP contribution in [-0.2, 0) is 4.74 Å². The highest BCUT2D eigenvalue weighted by molar-refractivity contribution is 14.0. The average molecular weight is 438 g/mol. The molecule has 1 aromatic carbocycles. The summed E-state index contributed by atoms with van der Waals surface area (Å²) in [5.41, 5.74) is 0.933. The van der Waals surface area contributed by atoms with Gasteiger partial charge in [-0.3, -0.25) is 4.99 Å². The van der Waals surface area contributed by atoms with Gasteiger partial charge in [-0.05, 0) is 38.7 Å². The maximum Gasteiger partial charge on any atom is 0.191 e. The number of rotatable bonds is 8.